The minimum Gasteiger partial charge on any atom is -0.493 e. The Morgan fingerprint density at radius 3 is 2.63 bits per heavy atom. The third-order valence-electron chi connectivity index (χ3n) is 2.74. The van der Waals surface area contributed by atoms with Crippen molar-refractivity contribution in [2.75, 3.05) is 19.5 Å². The SMILES string of the molecule is COc1ccc(NC(=O)C2CC(=O)NN2)cc1OC. The molecule has 1 aliphatic rings. The van der Waals surface area contributed by atoms with Crippen LogP contribution in [-0.2, 0) is 9.59 Å². The highest BCUT2D eigenvalue weighted by Crippen LogP contribution is 2.29. The van der Waals surface area contributed by atoms with E-state index in [2.05, 4.69) is 16.2 Å². The maximum absolute atomic E-state index is 11.9. The minimum atomic E-state index is -0.569. The van der Waals surface area contributed by atoms with Gasteiger partial charge < -0.3 is 14.8 Å². The second-order valence-electron chi connectivity index (χ2n) is 4.01. The number of carbonyl (C=O) groups excluding carboxylic acids is 2. The second kappa shape index (κ2) is 5.57. The first-order valence-corrected chi connectivity index (χ1v) is 5.71. The number of ether oxygens (including phenoxy) is 2. The van der Waals surface area contributed by atoms with E-state index in [9.17, 15) is 9.59 Å². The molecule has 1 aromatic rings. The molecule has 0 bridgehead atoms. The van der Waals surface area contributed by atoms with Crippen molar-refractivity contribution in [1.82, 2.24) is 10.9 Å². The fourth-order valence-electron chi connectivity index (χ4n) is 1.76. The number of carbonyl (C=O) groups is 2. The minimum absolute atomic E-state index is 0.124. The van der Waals surface area contributed by atoms with Crippen molar-refractivity contribution >= 4 is 17.5 Å². The Hall–Kier alpha value is -2.28. The molecule has 0 aliphatic carbocycles. The average Bonchev–Trinajstić information content (AvgIpc) is 2.85. The van der Waals surface area contributed by atoms with Crippen LogP contribution >= 0.6 is 0 Å². The fraction of sp³-hybridized carbons (Fsp3) is 0.333. The third kappa shape index (κ3) is 2.94. The van der Waals surface area contributed by atoms with Crippen LogP contribution in [0.4, 0.5) is 5.69 Å². The van der Waals surface area contributed by atoms with Crippen LogP contribution in [-0.4, -0.2) is 32.1 Å². The Morgan fingerprint density at radius 1 is 1.32 bits per heavy atom. The summed E-state index contributed by atoms with van der Waals surface area (Å²) in [5.41, 5.74) is 5.57. The van der Waals surface area contributed by atoms with Gasteiger partial charge in [0.25, 0.3) is 0 Å². The van der Waals surface area contributed by atoms with E-state index in [1.54, 1.807) is 18.2 Å². The number of rotatable bonds is 4. The molecule has 0 radical (unpaired) electrons. The van der Waals surface area contributed by atoms with Gasteiger partial charge in [0.1, 0.15) is 6.04 Å². The summed E-state index contributed by atoms with van der Waals surface area (Å²) in [6, 6.07) is 4.48. The molecule has 0 spiro atoms. The van der Waals surface area contributed by atoms with Gasteiger partial charge in [0.15, 0.2) is 11.5 Å². The van der Waals surface area contributed by atoms with Crippen LogP contribution in [0.1, 0.15) is 6.42 Å². The number of amides is 2. The van der Waals surface area contributed by atoms with Crippen LogP contribution in [0.15, 0.2) is 18.2 Å². The molecule has 1 unspecified atom stereocenters. The highest BCUT2D eigenvalue weighted by molar-refractivity contribution is 5.99. The van der Waals surface area contributed by atoms with Crippen LogP contribution in [0.5, 0.6) is 11.5 Å². The van der Waals surface area contributed by atoms with Crippen molar-refractivity contribution in [1.29, 1.82) is 0 Å². The monoisotopic (exact) mass is 265 g/mol. The van der Waals surface area contributed by atoms with Crippen LogP contribution in [0.2, 0.25) is 0 Å². The Bertz CT molecular complexity index is 504. The Labute approximate surface area is 110 Å². The molecule has 1 atom stereocenters. The molecule has 0 saturated carbocycles. The number of hydrogen-bond acceptors (Lipinski definition) is 5. The molecular weight excluding hydrogens is 250 g/mol. The summed E-state index contributed by atoms with van der Waals surface area (Å²) < 4.78 is 10.2. The first-order chi connectivity index (χ1) is 9.13. The predicted molar refractivity (Wildman–Crippen MR) is 67.9 cm³/mol. The van der Waals surface area contributed by atoms with E-state index < -0.39 is 6.04 Å². The third-order valence-corrected chi connectivity index (χ3v) is 2.74. The lowest BCUT2D eigenvalue weighted by atomic mass is 10.2. The van der Waals surface area contributed by atoms with Crippen molar-refractivity contribution in [3.05, 3.63) is 18.2 Å². The van der Waals surface area contributed by atoms with Crippen LogP contribution < -0.4 is 25.6 Å². The van der Waals surface area contributed by atoms with Crippen molar-refractivity contribution < 1.29 is 19.1 Å². The summed E-state index contributed by atoms with van der Waals surface area (Å²) in [7, 11) is 3.06. The average molecular weight is 265 g/mol. The summed E-state index contributed by atoms with van der Waals surface area (Å²) in [6.07, 6.45) is 0.124. The standard InChI is InChI=1S/C12H15N3O4/c1-18-9-4-3-7(5-10(9)19-2)13-12(17)8-6-11(16)15-14-8/h3-5,8,14H,6H2,1-2H3,(H,13,17)(H,15,16). The number of benzene rings is 1. The van der Waals surface area contributed by atoms with E-state index in [-0.39, 0.29) is 18.2 Å². The number of hydrazine groups is 1. The zero-order chi connectivity index (χ0) is 13.8. The lowest BCUT2D eigenvalue weighted by Gasteiger charge is -2.12. The normalized spacial score (nSPS) is 17.8. The van der Waals surface area contributed by atoms with Gasteiger partial charge in [-0.1, -0.05) is 0 Å². The first kappa shape index (κ1) is 13.2. The van der Waals surface area contributed by atoms with Gasteiger partial charge in [-0.3, -0.25) is 15.0 Å². The van der Waals surface area contributed by atoms with Crippen LogP contribution in [0.25, 0.3) is 0 Å². The van der Waals surface area contributed by atoms with E-state index in [1.807, 2.05) is 0 Å². The summed E-state index contributed by atoms with van der Waals surface area (Å²) in [4.78, 5) is 22.9. The van der Waals surface area contributed by atoms with Gasteiger partial charge in [0, 0.05) is 11.8 Å². The number of anilines is 1. The van der Waals surface area contributed by atoms with E-state index in [4.69, 9.17) is 9.47 Å². The van der Waals surface area contributed by atoms with E-state index in [1.165, 1.54) is 14.2 Å². The van der Waals surface area contributed by atoms with Crippen molar-refractivity contribution in [3.63, 3.8) is 0 Å². The van der Waals surface area contributed by atoms with Gasteiger partial charge in [0.2, 0.25) is 11.8 Å². The Kier molecular flexibility index (Phi) is 3.86. The molecule has 7 nitrogen and oxygen atoms in total. The second-order valence-corrected chi connectivity index (χ2v) is 4.01. The lowest BCUT2D eigenvalue weighted by molar-refractivity contribution is -0.121. The van der Waals surface area contributed by atoms with Crippen molar-refractivity contribution in [3.8, 4) is 11.5 Å². The van der Waals surface area contributed by atoms with E-state index in [0.717, 1.165) is 0 Å². The summed E-state index contributed by atoms with van der Waals surface area (Å²) >= 11 is 0. The molecule has 2 rings (SSSR count). The fourth-order valence-corrected chi connectivity index (χ4v) is 1.76. The summed E-state index contributed by atoms with van der Waals surface area (Å²) in [6.45, 7) is 0. The number of nitrogens with one attached hydrogen (secondary N) is 3. The highest BCUT2D eigenvalue weighted by atomic mass is 16.5. The van der Waals surface area contributed by atoms with Gasteiger partial charge in [-0.25, -0.2) is 5.43 Å². The zero-order valence-electron chi connectivity index (χ0n) is 10.6. The molecular formula is C12H15N3O4. The Balaban J connectivity index is 2.06. The summed E-state index contributed by atoms with van der Waals surface area (Å²) in [5.74, 6) is 0.614. The molecule has 2 amide bonds. The van der Waals surface area contributed by atoms with Gasteiger partial charge in [-0.2, -0.15) is 0 Å². The molecule has 1 saturated heterocycles. The topological polar surface area (TPSA) is 88.7 Å². The van der Waals surface area contributed by atoms with Gasteiger partial charge in [-0.15, -0.1) is 0 Å². The van der Waals surface area contributed by atoms with Crippen molar-refractivity contribution in [2.24, 2.45) is 0 Å². The van der Waals surface area contributed by atoms with Gasteiger partial charge in [-0.05, 0) is 12.1 Å². The zero-order valence-corrected chi connectivity index (χ0v) is 10.6. The first-order valence-electron chi connectivity index (χ1n) is 5.71. The molecule has 1 fully saturated rings. The van der Waals surface area contributed by atoms with Gasteiger partial charge in [0.05, 0.1) is 20.6 Å². The van der Waals surface area contributed by atoms with Gasteiger partial charge >= 0.3 is 0 Å². The Morgan fingerprint density at radius 2 is 2.05 bits per heavy atom. The lowest BCUT2D eigenvalue weighted by Crippen LogP contribution is -2.39. The maximum atomic E-state index is 11.9. The smallest absolute Gasteiger partial charge is 0.243 e. The van der Waals surface area contributed by atoms with Crippen LogP contribution in [0.3, 0.4) is 0 Å². The molecule has 3 N–H and O–H groups in total. The molecule has 0 aromatic heterocycles. The van der Waals surface area contributed by atoms with E-state index in [0.29, 0.717) is 17.2 Å². The summed E-state index contributed by atoms with van der Waals surface area (Å²) in [5, 5.41) is 2.70. The predicted octanol–water partition coefficient (Wildman–Crippen LogP) is 0.0354. The molecule has 1 heterocycles. The largest absolute Gasteiger partial charge is 0.493 e. The highest BCUT2D eigenvalue weighted by Gasteiger charge is 2.27. The van der Waals surface area contributed by atoms with Crippen molar-refractivity contribution in [2.45, 2.75) is 12.5 Å². The number of methoxy groups -OCH3 is 2. The molecule has 19 heavy (non-hydrogen) atoms. The molecule has 1 aliphatic heterocycles. The molecule has 102 valence electrons. The molecule has 1 aromatic carbocycles. The maximum Gasteiger partial charge on any atom is 0.243 e. The quantitative estimate of drug-likeness (QED) is 0.715. The van der Waals surface area contributed by atoms with Crippen LogP contribution in [0, 0.1) is 0 Å². The van der Waals surface area contributed by atoms with E-state index >= 15 is 0 Å². The number of hydrogen-bond donors (Lipinski definition) is 3. The molecule has 7 heteroatoms.